The van der Waals surface area contributed by atoms with Crippen LogP contribution in [0.15, 0.2) is 23.3 Å². The van der Waals surface area contributed by atoms with Gasteiger partial charge in [0.25, 0.3) is 0 Å². The summed E-state index contributed by atoms with van der Waals surface area (Å²) in [6, 6.07) is 4.82. The molecule has 24 heavy (non-hydrogen) atoms. The highest BCUT2D eigenvalue weighted by atomic mass is 16.5. The van der Waals surface area contributed by atoms with Crippen LogP contribution in [0.2, 0.25) is 0 Å². The number of nitrogens with zero attached hydrogens (tertiary/aromatic N) is 3. The molecule has 1 aromatic heterocycles. The van der Waals surface area contributed by atoms with Crippen molar-refractivity contribution in [3.8, 4) is 0 Å². The Morgan fingerprint density at radius 1 is 1.50 bits per heavy atom. The number of aryl methyl sites for hydroxylation is 1. The maximum absolute atomic E-state index is 6.05. The molecule has 1 N–H and O–H groups in total. The Balaban J connectivity index is 1.47. The molecule has 4 rings (SSSR count). The van der Waals surface area contributed by atoms with Crippen molar-refractivity contribution >= 4 is 5.96 Å². The lowest BCUT2D eigenvalue weighted by molar-refractivity contribution is -0.171. The molecule has 3 aliphatic rings. The lowest BCUT2D eigenvalue weighted by Crippen LogP contribution is -2.72. The van der Waals surface area contributed by atoms with Crippen molar-refractivity contribution in [3.05, 3.63) is 24.0 Å². The Morgan fingerprint density at radius 2 is 2.33 bits per heavy atom. The molecule has 2 heterocycles. The van der Waals surface area contributed by atoms with Crippen molar-refractivity contribution in [1.82, 2.24) is 14.8 Å². The molecule has 2 saturated carbocycles. The van der Waals surface area contributed by atoms with Gasteiger partial charge in [-0.15, -0.1) is 0 Å². The van der Waals surface area contributed by atoms with Crippen LogP contribution in [0.4, 0.5) is 0 Å². The van der Waals surface area contributed by atoms with E-state index in [4.69, 9.17) is 9.73 Å². The van der Waals surface area contributed by atoms with Gasteiger partial charge in [0.15, 0.2) is 5.96 Å². The highest BCUT2D eigenvalue weighted by molar-refractivity contribution is 5.80. The predicted molar refractivity (Wildman–Crippen MR) is 95.9 cm³/mol. The first-order chi connectivity index (χ1) is 11.7. The predicted octanol–water partition coefficient (Wildman–Crippen LogP) is 2.38. The van der Waals surface area contributed by atoms with Crippen molar-refractivity contribution in [1.29, 1.82) is 0 Å². The van der Waals surface area contributed by atoms with Gasteiger partial charge in [-0.1, -0.05) is 6.42 Å². The second-order valence-electron chi connectivity index (χ2n) is 7.72. The quantitative estimate of drug-likeness (QED) is 0.681. The van der Waals surface area contributed by atoms with Gasteiger partial charge >= 0.3 is 0 Å². The molecular weight excluding hydrogens is 300 g/mol. The van der Waals surface area contributed by atoms with Crippen molar-refractivity contribution in [2.75, 3.05) is 20.2 Å². The number of rotatable bonds is 4. The van der Waals surface area contributed by atoms with E-state index < -0.39 is 0 Å². The molecule has 3 atom stereocenters. The van der Waals surface area contributed by atoms with E-state index in [9.17, 15) is 0 Å². The number of guanidine groups is 1. The van der Waals surface area contributed by atoms with E-state index in [1.165, 1.54) is 31.4 Å². The second-order valence-corrected chi connectivity index (χ2v) is 7.72. The Hall–Kier alpha value is -1.49. The van der Waals surface area contributed by atoms with Crippen LogP contribution in [-0.4, -0.2) is 47.8 Å². The van der Waals surface area contributed by atoms with Gasteiger partial charge < -0.3 is 19.5 Å². The monoisotopic (exact) mass is 330 g/mol. The average molecular weight is 330 g/mol. The van der Waals surface area contributed by atoms with Gasteiger partial charge in [-0.3, -0.25) is 4.99 Å². The first-order valence-electron chi connectivity index (χ1n) is 9.39. The summed E-state index contributed by atoms with van der Waals surface area (Å²) in [4.78, 5) is 7.03. The minimum atomic E-state index is 0.390. The van der Waals surface area contributed by atoms with Crippen LogP contribution in [0.25, 0.3) is 0 Å². The molecule has 0 aromatic carbocycles. The van der Waals surface area contributed by atoms with Gasteiger partial charge in [-0.2, -0.15) is 0 Å². The van der Waals surface area contributed by atoms with Crippen molar-refractivity contribution < 1.29 is 4.74 Å². The summed E-state index contributed by atoms with van der Waals surface area (Å²) in [6.45, 7) is 4.73. The molecule has 3 fully saturated rings. The molecule has 0 bridgehead atoms. The number of ether oxygens (including phenoxy) is 1. The molecule has 1 aromatic rings. The van der Waals surface area contributed by atoms with Crippen LogP contribution in [-0.2, 0) is 18.3 Å². The minimum absolute atomic E-state index is 0.390. The zero-order valence-electron chi connectivity index (χ0n) is 15.2. The first kappa shape index (κ1) is 16.0. The Bertz CT molecular complexity index is 619. The molecule has 1 aliphatic heterocycles. The molecule has 0 radical (unpaired) electrons. The van der Waals surface area contributed by atoms with Crippen molar-refractivity contribution in [3.63, 3.8) is 0 Å². The zero-order valence-corrected chi connectivity index (χ0v) is 15.2. The second kappa shape index (κ2) is 6.10. The number of nitrogens with one attached hydrogen (secondary N) is 1. The first-order valence-corrected chi connectivity index (χ1v) is 9.39. The Morgan fingerprint density at radius 3 is 2.96 bits per heavy atom. The topological polar surface area (TPSA) is 41.8 Å². The lowest BCUT2D eigenvalue weighted by atomic mass is 9.46. The van der Waals surface area contributed by atoms with Crippen LogP contribution in [0.1, 0.15) is 38.3 Å². The number of hydrogen-bond donors (Lipinski definition) is 1. The smallest absolute Gasteiger partial charge is 0.194 e. The summed E-state index contributed by atoms with van der Waals surface area (Å²) < 4.78 is 8.22. The van der Waals surface area contributed by atoms with E-state index in [0.29, 0.717) is 23.5 Å². The SMILES string of the molecule is CCN=C(NC1C2CCOC2C12CCC2)N(C)Cc1cccn1C. The van der Waals surface area contributed by atoms with E-state index in [-0.39, 0.29) is 0 Å². The third kappa shape index (κ3) is 2.36. The van der Waals surface area contributed by atoms with Crippen LogP contribution in [0.5, 0.6) is 0 Å². The van der Waals surface area contributed by atoms with E-state index in [1.807, 2.05) is 0 Å². The van der Waals surface area contributed by atoms with Gasteiger partial charge in [0.1, 0.15) is 0 Å². The number of aliphatic imine (C=N–C) groups is 1. The van der Waals surface area contributed by atoms with Crippen LogP contribution >= 0.6 is 0 Å². The fraction of sp³-hybridized carbons (Fsp3) is 0.737. The fourth-order valence-electron chi connectivity index (χ4n) is 5.00. The molecule has 132 valence electrons. The zero-order chi connectivity index (χ0) is 16.7. The maximum atomic E-state index is 6.05. The van der Waals surface area contributed by atoms with E-state index in [1.54, 1.807) is 0 Å². The third-order valence-electron chi connectivity index (χ3n) is 6.44. The van der Waals surface area contributed by atoms with Gasteiger partial charge in [0.2, 0.25) is 0 Å². The number of hydrogen-bond acceptors (Lipinski definition) is 2. The Labute approximate surface area is 145 Å². The normalized spacial score (nSPS) is 30.6. The summed E-state index contributed by atoms with van der Waals surface area (Å²) in [6.07, 6.45) is 7.78. The van der Waals surface area contributed by atoms with Gasteiger partial charge in [0, 0.05) is 56.5 Å². The van der Waals surface area contributed by atoms with Gasteiger partial charge in [-0.05, 0) is 38.3 Å². The van der Waals surface area contributed by atoms with Crippen molar-refractivity contribution in [2.24, 2.45) is 23.4 Å². The lowest BCUT2D eigenvalue weighted by Gasteiger charge is -2.63. The molecule has 0 amide bonds. The molecule has 2 aliphatic carbocycles. The largest absolute Gasteiger partial charge is 0.377 e. The third-order valence-corrected chi connectivity index (χ3v) is 6.44. The van der Waals surface area contributed by atoms with Gasteiger partial charge in [0.05, 0.1) is 12.6 Å². The van der Waals surface area contributed by atoms with E-state index in [2.05, 4.69) is 54.1 Å². The summed E-state index contributed by atoms with van der Waals surface area (Å²) >= 11 is 0. The molecule has 1 saturated heterocycles. The highest BCUT2D eigenvalue weighted by Gasteiger charge is 2.66. The maximum Gasteiger partial charge on any atom is 0.194 e. The van der Waals surface area contributed by atoms with Gasteiger partial charge in [-0.25, -0.2) is 0 Å². The molecule has 5 nitrogen and oxygen atoms in total. The van der Waals surface area contributed by atoms with Crippen LogP contribution in [0.3, 0.4) is 0 Å². The van der Waals surface area contributed by atoms with Crippen LogP contribution < -0.4 is 5.32 Å². The molecule has 3 unspecified atom stereocenters. The summed E-state index contributed by atoms with van der Waals surface area (Å²) in [7, 11) is 4.24. The van der Waals surface area contributed by atoms with Crippen LogP contribution in [0, 0.1) is 11.3 Å². The number of aromatic nitrogens is 1. The van der Waals surface area contributed by atoms with Crippen molar-refractivity contribution in [2.45, 2.75) is 51.3 Å². The molecule has 1 spiro atoms. The summed E-state index contributed by atoms with van der Waals surface area (Å²) in [5, 5.41) is 3.84. The standard InChI is InChI=1S/C19H30N4O/c1-4-20-18(23(3)13-14-7-5-11-22(14)2)21-16-15-8-12-24-17(15)19(16)9-6-10-19/h5,7,11,15-17H,4,6,8-10,12-13H2,1-3H3,(H,20,21). The minimum Gasteiger partial charge on any atom is -0.377 e. The molecule has 5 heteroatoms. The fourth-order valence-corrected chi connectivity index (χ4v) is 5.00. The highest BCUT2D eigenvalue weighted by Crippen LogP contribution is 2.62. The number of fused-ring (bicyclic) bond motifs is 2. The Kier molecular flexibility index (Phi) is 4.07. The summed E-state index contributed by atoms with van der Waals surface area (Å²) in [5.41, 5.74) is 1.69. The van der Waals surface area contributed by atoms with E-state index in [0.717, 1.165) is 25.7 Å². The average Bonchev–Trinajstić information content (AvgIpc) is 3.10. The van der Waals surface area contributed by atoms with E-state index >= 15 is 0 Å². The summed E-state index contributed by atoms with van der Waals surface area (Å²) in [5.74, 6) is 1.72. The molecular formula is C19H30N4O.